The van der Waals surface area contributed by atoms with Gasteiger partial charge < -0.3 is 20.0 Å². The molecule has 1 fully saturated rings. The SMILES string of the molecule is C=CCN(CCO)C(=O)N1CCSCC1C(=O)O. The third kappa shape index (κ3) is 3.64. The number of nitrogens with zero attached hydrogens (tertiary/aromatic N) is 2. The number of amides is 2. The van der Waals surface area contributed by atoms with Gasteiger partial charge in [0.15, 0.2) is 0 Å². The highest BCUT2D eigenvalue weighted by Gasteiger charge is 2.34. The van der Waals surface area contributed by atoms with E-state index >= 15 is 0 Å². The molecular weight excluding hydrogens is 256 g/mol. The van der Waals surface area contributed by atoms with Gasteiger partial charge in [0.1, 0.15) is 6.04 Å². The van der Waals surface area contributed by atoms with E-state index in [9.17, 15) is 9.59 Å². The number of thioether (sulfide) groups is 1. The Morgan fingerprint density at radius 1 is 1.56 bits per heavy atom. The predicted octanol–water partition coefficient (Wildman–Crippen LogP) is 0.0887. The van der Waals surface area contributed by atoms with Crippen molar-refractivity contribution in [2.45, 2.75) is 6.04 Å². The number of carbonyl (C=O) groups excluding carboxylic acids is 1. The molecule has 1 aliphatic rings. The number of aliphatic hydroxyl groups excluding tert-OH is 1. The Morgan fingerprint density at radius 3 is 2.83 bits per heavy atom. The maximum Gasteiger partial charge on any atom is 0.327 e. The second kappa shape index (κ2) is 7.27. The Hall–Kier alpha value is -1.21. The minimum atomic E-state index is -0.988. The van der Waals surface area contributed by atoms with Crippen LogP contribution in [0, 0.1) is 0 Å². The normalized spacial score (nSPS) is 19.4. The average Bonchev–Trinajstić information content (AvgIpc) is 2.37. The van der Waals surface area contributed by atoms with E-state index in [4.69, 9.17) is 10.2 Å². The first-order chi connectivity index (χ1) is 8.61. The third-order valence-electron chi connectivity index (χ3n) is 2.65. The Bertz CT molecular complexity index is 324. The van der Waals surface area contributed by atoms with Crippen LogP contribution < -0.4 is 0 Å². The molecule has 0 aliphatic carbocycles. The Kier molecular flexibility index (Phi) is 6.00. The number of aliphatic carboxylic acids is 1. The fourth-order valence-corrected chi connectivity index (χ4v) is 2.80. The van der Waals surface area contributed by atoms with Gasteiger partial charge in [0.25, 0.3) is 0 Å². The van der Waals surface area contributed by atoms with Crippen LogP contribution in [0.1, 0.15) is 0 Å². The summed E-state index contributed by atoms with van der Waals surface area (Å²) < 4.78 is 0. The van der Waals surface area contributed by atoms with E-state index < -0.39 is 12.0 Å². The molecule has 0 bridgehead atoms. The van der Waals surface area contributed by atoms with E-state index in [2.05, 4.69) is 6.58 Å². The zero-order chi connectivity index (χ0) is 13.5. The number of rotatable bonds is 5. The van der Waals surface area contributed by atoms with E-state index in [1.807, 2.05) is 0 Å². The van der Waals surface area contributed by atoms with Crippen LogP contribution >= 0.6 is 11.8 Å². The topological polar surface area (TPSA) is 81.1 Å². The van der Waals surface area contributed by atoms with Crippen LogP contribution in [0.15, 0.2) is 12.7 Å². The summed E-state index contributed by atoms with van der Waals surface area (Å²) in [5, 5.41) is 18.0. The molecule has 7 heteroatoms. The van der Waals surface area contributed by atoms with E-state index in [1.54, 1.807) is 6.08 Å². The van der Waals surface area contributed by atoms with E-state index in [0.717, 1.165) is 5.75 Å². The molecule has 6 nitrogen and oxygen atoms in total. The van der Waals surface area contributed by atoms with Crippen LogP contribution in [0.4, 0.5) is 4.79 Å². The molecule has 1 rings (SSSR count). The molecule has 2 N–H and O–H groups in total. The molecule has 0 saturated carbocycles. The van der Waals surface area contributed by atoms with Gasteiger partial charge in [-0.2, -0.15) is 11.8 Å². The first-order valence-corrected chi connectivity index (χ1v) is 6.85. The van der Waals surface area contributed by atoms with Gasteiger partial charge in [0.2, 0.25) is 0 Å². The molecule has 0 aromatic carbocycles. The van der Waals surface area contributed by atoms with Gasteiger partial charge in [-0.15, -0.1) is 6.58 Å². The number of urea groups is 1. The molecule has 0 aromatic rings. The van der Waals surface area contributed by atoms with Crippen LogP contribution in [0.2, 0.25) is 0 Å². The second-order valence-corrected chi connectivity index (χ2v) is 5.01. The van der Waals surface area contributed by atoms with E-state index in [0.29, 0.717) is 18.8 Å². The minimum absolute atomic E-state index is 0.153. The Balaban J connectivity index is 2.76. The molecule has 0 radical (unpaired) electrons. The van der Waals surface area contributed by atoms with E-state index in [1.165, 1.54) is 21.6 Å². The largest absolute Gasteiger partial charge is 0.480 e. The van der Waals surface area contributed by atoms with Crippen LogP contribution in [0.3, 0.4) is 0 Å². The summed E-state index contributed by atoms with van der Waals surface area (Å²) in [5.41, 5.74) is 0. The molecule has 1 aliphatic heterocycles. The lowest BCUT2D eigenvalue weighted by Crippen LogP contribution is -2.55. The summed E-state index contributed by atoms with van der Waals surface area (Å²) in [6.45, 7) is 4.30. The van der Waals surface area contributed by atoms with Crippen molar-refractivity contribution in [3.05, 3.63) is 12.7 Å². The fraction of sp³-hybridized carbons (Fsp3) is 0.636. The van der Waals surface area contributed by atoms with Crippen LogP contribution in [-0.4, -0.2) is 75.8 Å². The Morgan fingerprint density at radius 2 is 2.28 bits per heavy atom. The first-order valence-electron chi connectivity index (χ1n) is 5.69. The smallest absolute Gasteiger partial charge is 0.327 e. The molecular formula is C11H18N2O4S. The number of carboxylic acids is 1. The van der Waals surface area contributed by atoms with Gasteiger partial charge in [0.05, 0.1) is 6.61 Å². The second-order valence-electron chi connectivity index (χ2n) is 3.86. The standard InChI is InChI=1S/C11H18N2O4S/c1-2-3-12(4-6-14)11(17)13-5-7-18-8-9(13)10(15)16/h2,9,14H,1,3-8H2,(H,15,16). The predicted molar refractivity (Wildman–Crippen MR) is 69.7 cm³/mol. The highest BCUT2D eigenvalue weighted by atomic mass is 32.2. The van der Waals surface area contributed by atoms with Crippen molar-refractivity contribution in [1.82, 2.24) is 9.80 Å². The average molecular weight is 274 g/mol. The molecule has 1 atom stereocenters. The highest BCUT2D eigenvalue weighted by molar-refractivity contribution is 7.99. The van der Waals surface area contributed by atoms with E-state index in [-0.39, 0.29) is 19.2 Å². The van der Waals surface area contributed by atoms with Gasteiger partial charge >= 0.3 is 12.0 Å². The minimum Gasteiger partial charge on any atom is -0.480 e. The first kappa shape index (κ1) is 14.8. The summed E-state index contributed by atoms with van der Waals surface area (Å²) >= 11 is 1.53. The lowest BCUT2D eigenvalue weighted by atomic mass is 10.3. The zero-order valence-electron chi connectivity index (χ0n) is 10.1. The number of aliphatic hydroxyl groups is 1. The molecule has 0 aromatic heterocycles. The van der Waals surface area contributed by atoms with Gasteiger partial charge in [-0.1, -0.05) is 6.08 Å². The quantitative estimate of drug-likeness (QED) is 0.694. The highest BCUT2D eigenvalue weighted by Crippen LogP contribution is 2.18. The summed E-state index contributed by atoms with van der Waals surface area (Å²) in [6, 6.07) is -1.14. The van der Waals surface area contributed by atoms with Crippen molar-refractivity contribution < 1.29 is 19.8 Å². The maximum absolute atomic E-state index is 12.2. The van der Waals surface area contributed by atoms with Crippen LogP contribution in [0.5, 0.6) is 0 Å². The van der Waals surface area contributed by atoms with Gasteiger partial charge in [0, 0.05) is 31.1 Å². The van der Waals surface area contributed by atoms with Crippen molar-refractivity contribution in [2.75, 3.05) is 37.7 Å². The molecule has 1 unspecified atom stereocenters. The fourth-order valence-electron chi connectivity index (χ4n) is 1.76. The third-order valence-corrected chi connectivity index (χ3v) is 3.67. The monoisotopic (exact) mass is 274 g/mol. The number of hydrogen-bond donors (Lipinski definition) is 2. The summed E-state index contributed by atoms with van der Waals surface area (Å²) in [5.74, 6) is 0.150. The molecule has 1 heterocycles. The molecule has 2 amide bonds. The number of hydrogen-bond acceptors (Lipinski definition) is 4. The lowest BCUT2D eigenvalue weighted by molar-refractivity contribution is -0.141. The number of carbonyl (C=O) groups is 2. The zero-order valence-corrected chi connectivity index (χ0v) is 10.9. The van der Waals surface area contributed by atoms with Crippen molar-refractivity contribution in [3.63, 3.8) is 0 Å². The van der Waals surface area contributed by atoms with Gasteiger partial charge in [-0.05, 0) is 0 Å². The van der Waals surface area contributed by atoms with Gasteiger partial charge in [-0.3, -0.25) is 0 Å². The van der Waals surface area contributed by atoms with Crippen molar-refractivity contribution in [3.8, 4) is 0 Å². The molecule has 18 heavy (non-hydrogen) atoms. The van der Waals surface area contributed by atoms with Crippen molar-refractivity contribution >= 4 is 23.8 Å². The van der Waals surface area contributed by atoms with Crippen molar-refractivity contribution in [1.29, 1.82) is 0 Å². The number of carboxylic acid groups (broad SMARTS) is 1. The molecule has 102 valence electrons. The molecule has 1 saturated heterocycles. The van der Waals surface area contributed by atoms with Crippen molar-refractivity contribution in [2.24, 2.45) is 0 Å². The molecule has 0 spiro atoms. The lowest BCUT2D eigenvalue weighted by Gasteiger charge is -2.36. The summed E-state index contributed by atoms with van der Waals surface area (Å²) in [4.78, 5) is 26.1. The van der Waals surface area contributed by atoms with Crippen LogP contribution in [0.25, 0.3) is 0 Å². The summed E-state index contributed by atoms with van der Waals surface area (Å²) in [6.07, 6.45) is 1.56. The van der Waals surface area contributed by atoms with Gasteiger partial charge in [-0.25, -0.2) is 9.59 Å². The Labute approximate surface area is 110 Å². The maximum atomic E-state index is 12.2. The summed E-state index contributed by atoms with van der Waals surface area (Å²) in [7, 11) is 0. The van der Waals surface area contributed by atoms with Crippen LogP contribution in [-0.2, 0) is 4.79 Å².